The summed E-state index contributed by atoms with van der Waals surface area (Å²) in [6, 6.07) is 7.79. The number of nitro groups is 1. The Labute approximate surface area is 119 Å². The zero-order valence-corrected chi connectivity index (χ0v) is 11.7. The summed E-state index contributed by atoms with van der Waals surface area (Å²) in [5.74, 6) is -0.00182. The van der Waals surface area contributed by atoms with Gasteiger partial charge >= 0.3 is 0 Å². The van der Waals surface area contributed by atoms with E-state index in [9.17, 15) is 14.9 Å². The van der Waals surface area contributed by atoms with Gasteiger partial charge in [-0.3, -0.25) is 14.9 Å². The first-order valence-corrected chi connectivity index (χ1v) is 6.53. The third kappa shape index (κ3) is 2.94. The first-order chi connectivity index (χ1) is 9.51. The van der Waals surface area contributed by atoms with Crippen LogP contribution in [-0.2, 0) is 0 Å². The Morgan fingerprint density at radius 3 is 2.65 bits per heavy atom. The van der Waals surface area contributed by atoms with Gasteiger partial charge in [0.05, 0.1) is 23.0 Å². The Morgan fingerprint density at radius 2 is 2.10 bits per heavy atom. The monoisotopic (exact) mass is 292 g/mol. The van der Waals surface area contributed by atoms with Crippen molar-refractivity contribution in [3.05, 3.63) is 50.2 Å². The summed E-state index contributed by atoms with van der Waals surface area (Å²) in [5, 5.41) is 13.6. The minimum absolute atomic E-state index is 0.145. The molecule has 2 rings (SSSR count). The molecule has 1 heterocycles. The molecule has 1 aromatic carbocycles. The predicted molar refractivity (Wildman–Crippen MR) is 76.7 cm³/mol. The molecule has 0 aliphatic heterocycles. The van der Waals surface area contributed by atoms with E-state index in [1.54, 1.807) is 12.1 Å². The summed E-state index contributed by atoms with van der Waals surface area (Å²) < 4.78 is 4.94. The summed E-state index contributed by atoms with van der Waals surface area (Å²) in [5.41, 5.74) is -0.0576. The number of amides is 1. The number of ether oxygens (including phenoxy) is 1. The third-order valence-electron chi connectivity index (χ3n) is 2.61. The summed E-state index contributed by atoms with van der Waals surface area (Å²) in [7, 11) is 1.42. The van der Waals surface area contributed by atoms with E-state index in [2.05, 4.69) is 5.32 Å². The highest BCUT2D eigenvalue weighted by atomic mass is 32.1. The number of benzene rings is 1. The maximum Gasteiger partial charge on any atom is 0.296 e. The highest BCUT2D eigenvalue weighted by molar-refractivity contribution is 7.14. The minimum Gasteiger partial charge on any atom is -0.496 e. The lowest BCUT2D eigenvalue weighted by molar-refractivity contribution is -0.384. The van der Waals surface area contributed by atoms with Gasteiger partial charge in [-0.15, -0.1) is 11.3 Å². The van der Waals surface area contributed by atoms with E-state index in [0.29, 0.717) is 10.6 Å². The van der Waals surface area contributed by atoms with Gasteiger partial charge < -0.3 is 10.1 Å². The average molecular weight is 292 g/mol. The van der Waals surface area contributed by atoms with Gasteiger partial charge in [0.2, 0.25) is 0 Å². The fourth-order valence-corrected chi connectivity index (χ4v) is 2.40. The van der Waals surface area contributed by atoms with Gasteiger partial charge in [-0.2, -0.15) is 0 Å². The Morgan fingerprint density at radius 1 is 1.35 bits per heavy atom. The molecular weight excluding hydrogens is 280 g/mol. The number of nitrogens with one attached hydrogen (secondary N) is 1. The van der Waals surface area contributed by atoms with Crippen LogP contribution in [0.25, 0.3) is 0 Å². The van der Waals surface area contributed by atoms with E-state index in [1.165, 1.54) is 30.6 Å². The van der Waals surface area contributed by atoms with Crippen LogP contribution in [0.5, 0.6) is 5.75 Å². The fourth-order valence-electron chi connectivity index (χ4n) is 1.64. The lowest BCUT2D eigenvalue weighted by Gasteiger charge is -2.06. The van der Waals surface area contributed by atoms with Crippen LogP contribution in [0.2, 0.25) is 0 Å². The van der Waals surface area contributed by atoms with Crippen LogP contribution in [0, 0.1) is 17.0 Å². The second-order valence-electron chi connectivity index (χ2n) is 4.00. The van der Waals surface area contributed by atoms with Crippen LogP contribution in [0.3, 0.4) is 0 Å². The molecule has 0 bridgehead atoms. The van der Waals surface area contributed by atoms with Crippen molar-refractivity contribution in [3.63, 3.8) is 0 Å². The molecule has 0 radical (unpaired) electrons. The molecule has 0 aliphatic rings. The van der Waals surface area contributed by atoms with Crippen molar-refractivity contribution in [2.75, 3.05) is 12.4 Å². The smallest absolute Gasteiger partial charge is 0.296 e. The molecule has 1 amide bonds. The van der Waals surface area contributed by atoms with Crippen LogP contribution >= 0.6 is 11.3 Å². The highest BCUT2D eigenvalue weighted by Gasteiger charge is 2.18. The van der Waals surface area contributed by atoms with E-state index in [1.807, 2.05) is 13.0 Å². The number of carbonyl (C=O) groups is 1. The fraction of sp³-hybridized carbons (Fsp3) is 0.154. The first kappa shape index (κ1) is 14.0. The van der Waals surface area contributed by atoms with Crippen molar-refractivity contribution >= 4 is 28.6 Å². The zero-order valence-electron chi connectivity index (χ0n) is 10.9. The average Bonchev–Trinajstić information content (AvgIpc) is 2.85. The molecule has 104 valence electrons. The van der Waals surface area contributed by atoms with Gasteiger partial charge in [0.15, 0.2) is 0 Å². The molecule has 7 heteroatoms. The van der Waals surface area contributed by atoms with E-state index in [4.69, 9.17) is 4.74 Å². The van der Waals surface area contributed by atoms with Crippen LogP contribution in [0.1, 0.15) is 14.5 Å². The number of hydrogen-bond acceptors (Lipinski definition) is 5. The number of methoxy groups -OCH3 is 1. The Balaban J connectivity index is 2.29. The number of anilines is 1. The lowest BCUT2D eigenvalue weighted by Crippen LogP contribution is -2.11. The zero-order chi connectivity index (χ0) is 14.7. The third-order valence-corrected chi connectivity index (χ3v) is 3.61. The van der Waals surface area contributed by atoms with E-state index in [-0.39, 0.29) is 17.3 Å². The van der Waals surface area contributed by atoms with Crippen molar-refractivity contribution in [2.24, 2.45) is 0 Å². The Hall–Kier alpha value is -2.41. The van der Waals surface area contributed by atoms with Gasteiger partial charge in [0.25, 0.3) is 11.6 Å². The minimum atomic E-state index is -0.558. The van der Waals surface area contributed by atoms with Gasteiger partial charge in [0, 0.05) is 4.88 Å². The number of aryl methyl sites for hydroxylation is 1. The van der Waals surface area contributed by atoms with Crippen molar-refractivity contribution in [1.82, 2.24) is 0 Å². The maximum atomic E-state index is 12.0. The highest BCUT2D eigenvalue weighted by Crippen LogP contribution is 2.29. The summed E-state index contributed by atoms with van der Waals surface area (Å²) in [4.78, 5) is 24.0. The molecule has 0 unspecified atom stereocenters. The number of rotatable bonds is 4. The van der Waals surface area contributed by atoms with E-state index in [0.717, 1.165) is 4.88 Å². The molecule has 1 N–H and O–H groups in total. The van der Waals surface area contributed by atoms with Gasteiger partial charge in [-0.05, 0) is 31.2 Å². The largest absolute Gasteiger partial charge is 0.496 e. The maximum absolute atomic E-state index is 12.0. The predicted octanol–water partition coefficient (Wildman–Crippen LogP) is 3.23. The second kappa shape index (κ2) is 5.70. The van der Waals surface area contributed by atoms with Crippen LogP contribution < -0.4 is 10.1 Å². The molecule has 0 spiro atoms. The first-order valence-electron chi connectivity index (χ1n) is 5.71. The molecule has 0 saturated heterocycles. The van der Waals surface area contributed by atoms with E-state index < -0.39 is 4.92 Å². The lowest BCUT2D eigenvalue weighted by atomic mass is 10.2. The molecule has 0 atom stereocenters. The molecule has 1 aromatic heterocycles. The number of hydrogen-bond donors (Lipinski definition) is 1. The van der Waals surface area contributed by atoms with Crippen molar-refractivity contribution in [2.45, 2.75) is 6.92 Å². The number of thiophene rings is 1. The molecule has 0 fully saturated rings. The topological polar surface area (TPSA) is 81.5 Å². The summed E-state index contributed by atoms with van der Waals surface area (Å²) in [6.07, 6.45) is 0. The number of nitro benzene ring substituents is 1. The van der Waals surface area contributed by atoms with Gasteiger partial charge in [-0.1, -0.05) is 0 Å². The van der Waals surface area contributed by atoms with Crippen molar-refractivity contribution < 1.29 is 14.5 Å². The number of nitrogens with zero attached hydrogens (tertiary/aromatic N) is 1. The van der Waals surface area contributed by atoms with Crippen molar-refractivity contribution in [1.29, 1.82) is 0 Å². The van der Waals surface area contributed by atoms with Gasteiger partial charge in [0.1, 0.15) is 11.4 Å². The molecule has 20 heavy (non-hydrogen) atoms. The molecule has 2 aromatic rings. The molecule has 6 nitrogen and oxygen atoms in total. The van der Waals surface area contributed by atoms with Gasteiger partial charge in [-0.25, -0.2) is 0 Å². The standard InChI is InChI=1S/C13H12N2O4S/c1-8-3-6-12(20-8)13(16)14-10-5-4-9(19-2)7-11(10)15(17)18/h3-7H,1-2H3,(H,14,16). The Bertz CT molecular complexity index is 666. The van der Waals surface area contributed by atoms with Crippen LogP contribution in [0.15, 0.2) is 30.3 Å². The van der Waals surface area contributed by atoms with Crippen molar-refractivity contribution in [3.8, 4) is 5.75 Å². The second-order valence-corrected chi connectivity index (χ2v) is 5.29. The Kier molecular flexibility index (Phi) is 3.99. The quantitative estimate of drug-likeness (QED) is 0.693. The molecule has 0 aliphatic carbocycles. The SMILES string of the molecule is COc1ccc(NC(=O)c2ccc(C)s2)c([N+](=O)[O-])c1. The summed E-state index contributed by atoms with van der Waals surface area (Å²) >= 11 is 1.33. The summed E-state index contributed by atoms with van der Waals surface area (Å²) in [6.45, 7) is 1.89. The van der Waals surface area contributed by atoms with E-state index >= 15 is 0 Å². The molecule has 0 saturated carbocycles. The number of carbonyl (C=O) groups excluding carboxylic acids is 1. The normalized spacial score (nSPS) is 10.1. The van der Waals surface area contributed by atoms with Crippen LogP contribution in [0.4, 0.5) is 11.4 Å². The molecular formula is C13H12N2O4S. The van der Waals surface area contributed by atoms with Crippen LogP contribution in [-0.4, -0.2) is 17.9 Å².